The first-order valence-electron chi connectivity index (χ1n) is 5.64. The van der Waals surface area contributed by atoms with E-state index in [0.29, 0.717) is 6.54 Å². The number of amides is 1. The van der Waals surface area contributed by atoms with Crippen molar-refractivity contribution in [3.63, 3.8) is 0 Å². The topological polar surface area (TPSA) is 89.3 Å². The number of allylic oxidation sites excluding steroid dienone is 3. The van der Waals surface area contributed by atoms with E-state index in [4.69, 9.17) is 5.73 Å². The first-order chi connectivity index (χ1) is 8.99. The predicted octanol–water partition coefficient (Wildman–Crippen LogP) is 1.08. The van der Waals surface area contributed by atoms with Gasteiger partial charge in [0.05, 0.1) is 4.90 Å². The van der Waals surface area contributed by atoms with Crippen molar-refractivity contribution in [3.05, 3.63) is 54.1 Å². The lowest BCUT2D eigenvalue weighted by molar-refractivity contribution is -0.114. The molecule has 0 fully saturated rings. The molecule has 5 nitrogen and oxygen atoms in total. The molecule has 102 valence electrons. The lowest BCUT2D eigenvalue weighted by Gasteiger charge is -2.05. The summed E-state index contributed by atoms with van der Waals surface area (Å²) in [6.45, 7) is 2.12. The molecule has 1 aromatic carbocycles. The van der Waals surface area contributed by atoms with E-state index in [-0.39, 0.29) is 4.90 Å². The third kappa shape index (κ3) is 4.69. The highest BCUT2D eigenvalue weighted by Gasteiger charge is 2.15. The summed E-state index contributed by atoms with van der Waals surface area (Å²) in [5.41, 5.74) is 6.24. The van der Waals surface area contributed by atoms with E-state index >= 15 is 0 Å². The Morgan fingerprint density at radius 3 is 2.42 bits per heavy atom. The molecule has 0 aliphatic carbocycles. The van der Waals surface area contributed by atoms with Gasteiger partial charge in [-0.2, -0.15) is 0 Å². The molecule has 0 unspecified atom stereocenters. The Labute approximate surface area is 112 Å². The van der Waals surface area contributed by atoms with Gasteiger partial charge in [-0.15, -0.1) is 0 Å². The normalized spacial score (nSPS) is 12.1. The van der Waals surface area contributed by atoms with Crippen molar-refractivity contribution in [1.29, 1.82) is 0 Å². The number of carbonyl (C=O) groups excluding carboxylic acids is 1. The van der Waals surface area contributed by atoms with Crippen LogP contribution in [0.5, 0.6) is 0 Å². The average molecular weight is 280 g/mol. The molecule has 0 atom stereocenters. The van der Waals surface area contributed by atoms with Crippen molar-refractivity contribution < 1.29 is 13.2 Å². The van der Waals surface area contributed by atoms with Gasteiger partial charge < -0.3 is 5.73 Å². The first kappa shape index (κ1) is 15.1. The quantitative estimate of drug-likeness (QED) is 0.624. The van der Waals surface area contributed by atoms with Crippen LogP contribution >= 0.6 is 0 Å². The Balaban J connectivity index is 2.83. The molecule has 0 radical (unpaired) electrons. The van der Waals surface area contributed by atoms with Crippen LogP contribution in [-0.2, 0) is 21.4 Å². The number of hydrogen-bond donors (Lipinski definition) is 2. The van der Waals surface area contributed by atoms with Gasteiger partial charge in [-0.1, -0.05) is 30.4 Å². The Morgan fingerprint density at radius 2 is 1.89 bits per heavy atom. The molecule has 0 spiro atoms. The fourth-order valence-electron chi connectivity index (χ4n) is 1.28. The maximum absolute atomic E-state index is 11.9. The number of carbonyl (C=O) groups is 1. The summed E-state index contributed by atoms with van der Waals surface area (Å²) in [6, 6.07) is 6.03. The van der Waals surface area contributed by atoms with Gasteiger partial charge in [-0.25, -0.2) is 13.1 Å². The summed E-state index contributed by atoms with van der Waals surface area (Å²) in [7, 11) is -3.84. The van der Waals surface area contributed by atoms with E-state index in [9.17, 15) is 13.2 Å². The fraction of sp³-hybridized carbons (Fsp3) is 0.154. The fourth-order valence-corrected chi connectivity index (χ4v) is 2.23. The minimum absolute atomic E-state index is 0.0254. The Morgan fingerprint density at radius 1 is 1.26 bits per heavy atom. The van der Waals surface area contributed by atoms with Crippen LogP contribution in [0.25, 0.3) is 0 Å². The smallest absolute Gasteiger partial charge is 0.264 e. The van der Waals surface area contributed by atoms with Gasteiger partial charge in [0, 0.05) is 12.6 Å². The van der Waals surface area contributed by atoms with Crippen LogP contribution in [0.2, 0.25) is 0 Å². The van der Waals surface area contributed by atoms with Crippen molar-refractivity contribution in [1.82, 2.24) is 4.72 Å². The van der Waals surface area contributed by atoms with Gasteiger partial charge >= 0.3 is 0 Å². The monoisotopic (exact) mass is 280 g/mol. The van der Waals surface area contributed by atoms with E-state index in [1.165, 1.54) is 18.2 Å². The molecule has 0 aliphatic rings. The van der Waals surface area contributed by atoms with Crippen molar-refractivity contribution >= 4 is 15.9 Å². The van der Waals surface area contributed by atoms with Crippen LogP contribution in [0.4, 0.5) is 0 Å². The average Bonchev–Trinajstić information content (AvgIpc) is 2.38. The van der Waals surface area contributed by atoms with Crippen LogP contribution in [0.1, 0.15) is 12.5 Å². The molecule has 0 heterocycles. The summed E-state index contributed by atoms with van der Waals surface area (Å²) >= 11 is 0. The molecule has 0 aromatic heterocycles. The third-order valence-electron chi connectivity index (χ3n) is 2.26. The van der Waals surface area contributed by atoms with Gasteiger partial charge in [0.15, 0.2) is 0 Å². The SMILES string of the molecule is C/C=C/C=C/C(=O)NS(=O)(=O)c1ccc(CN)cc1. The van der Waals surface area contributed by atoms with E-state index in [1.807, 2.05) is 4.72 Å². The zero-order valence-corrected chi connectivity index (χ0v) is 11.4. The van der Waals surface area contributed by atoms with Crippen molar-refractivity contribution in [3.8, 4) is 0 Å². The third-order valence-corrected chi connectivity index (χ3v) is 3.62. The number of rotatable bonds is 5. The van der Waals surface area contributed by atoms with Crippen LogP contribution in [-0.4, -0.2) is 14.3 Å². The largest absolute Gasteiger partial charge is 0.326 e. The van der Waals surface area contributed by atoms with Gasteiger partial charge in [0.2, 0.25) is 0 Å². The standard InChI is InChI=1S/C13H16N2O3S/c1-2-3-4-5-13(16)15-19(17,18)12-8-6-11(10-14)7-9-12/h2-9H,10,14H2,1H3,(H,15,16)/b3-2+,5-4+. The number of hydrogen-bond acceptors (Lipinski definition) is 4. The Bertz CT molecular complexity index is 587. The minimum Gasteiger partial charge on any atom is -0.326 e. The van der Waals surface area contributed by atoms with Crippen molar-refractivity contribution in [2.24, 2.45) is 5.73 Å². The molecule has 1 rings (SSSR count). The molecule has 0 aliphatic heterocycles. The van der Waals surface area contributed by atoms with Crippen molar-refractivity contribution in [2.75, 3.05) is 0 Å². The zero-order chi connectivity index (χ0) is 14.3. The second kappa shape index (κ2) is 6.86. The van der Waals surface area contributed by atoms with Gasteiger partial charge in [0.25, 0.3) is 15.9 Å². The lowest BCUT2D eigenvalue weighted by atomic mass is 10.2. The molecule has 0 saturated heterocycles. The summed E-state index contributed by atoms with van der Waals surface area (Å²) in [5, 5.41) is 0. The summed E-state index contributed by atoms with van der Waals surface area (Å²) in [4.78, 5) is 11.4. The number of benzene rings is 1. The summed E-state index contributed by atoms with van der Waals surface area (Å²) in [6.07, 6.45) is 5.96. The maximum atomic E-state index is 11.9. The van der Waals surface area contributed by atoms with Crippen LogP contribution in [0, 0.1) is 0 Å². The number of nitrogens with one attached hydrogen (secondary N) is 1. The van der Waals surface area contributed by atoms with Crippen LogP contribution in [0.15, 0.2) is 53.5 Å². The second-order valence-electron chi connectivity index (χ2n) is 3.70. The highest BCUT2D eigenvalue weighted by molar-refractivity contribution is 7.90. The second-order valence-corrected chi connectivity index (χ2v) is 5.39. The van der Waals surface area contributed by atoms with Crippen molar-refractivity contribution in [2.45, 2.75) is 18.4 Å². The van der Waals surface area contributed by atoms with Crippen LogP contribution < -0.4 is 10.5 Å². The zero-order valence-electron chi connectivity index (χ0n) is 10.5. The van der Waals surface area contributed by atoms with E-state index < -0.39 is 15.9 Å². The number of nitrogens with two attached hydrogens (primary N) is 1. The van der Waals surface area contributed by atoms with Gasteiger partial charge in [-0.05, 0) is 24.6 Å². The highest BCUT2D eigenvalue weighted by Crippen LogP contribution is 2.10. The lowest BCUT2D eigenvalue weighted by Crippen LogP contribution is -2.28. The first-order valence-corrected chi connectivity index (χ1v) is 7.13. The molecule has 1 amide bonds. The Hall–Kier alpha value is -1.92. The molecule has 6 heteroatoms. The molecule has 0 saturated carbocycles. The predicted molar refractivity (Wildman–Crippen MR) is 73.6 cm³/mol. The van der Waals surface area contributed by atoms with E-state index in [1.54, 1.807) is 31.2 Å². The molecule has 1 aromatic rings. The summed E-state index contributed by atoms with van der Waals surface area (Å²) < 4.78 is 25.7. The van der Waals surface area contributed by atoms with Crippen LogP contribution in [0.3, 0.4) is 0 Å². The molecular formula is C13H16N2O3S. The molecular weight excluding hydrogens is 264 g/mol. The molecule has 19 heavy (non-hydrogen) atoms. The van der Waals surface area contributed by atoms with Gasteiger partial charge in [-0.3, -0.25) is 4.79 Å². The van der Waals surface area contributed by atoms with E-state index in [0.717, 1.165) is 11.6 Å². The Kier molecular flexibility index (Phi) is 5.47. The highest BCUT2D eigenvalue weighted by atomic mass is 32.2. The number of sulfonamides is 1. The summed E-state index contributed by atoms with van der Waals surface area (Å²) in [5.74, 6) is -0.694. The minimum atomic E-state index is -3.84. The van der Waals surface area contributed by atoms with Gasteiger partial charge in [0.1, 0.15) is 0 Å². The molecule has 0 bridgehead atoms. The maximum Gasteiger partial charge on any atom is 0.264 e. The molecule has 3 N–H and O–H groups in total. The van der Waals surface area contributed by atoms with E-state index in [2.05, 4.69) is 0 Å².